The van der Waals surface area contributed by atoms with Crippen LogP contribution in [-0.2, 0) is 14.8 Å². The summed E-state index contributed by atoms with van der Waals surface area (Å²) in [5.41, 5.74) is 0.712. The molecule has 1 heterocycles. The summed E-state index contributed by atoms with van der Waals surface area (Å²) in [6.45, 7) is 0.507. The number of anilines is 1. The number of piperidine rings is 1. The van der Waals surface area contributed by atoms with Crippen molar-refractivity contribution in [1.82, 2.24) is 4.31 Å². The molecule has 1 saturated heterocycles. The van der Waals surface area contributed by atoms with E-state index >= 15 is 0 Å². The molecule has 0 atom stereocenters. The second-order valence-corrected chi connectivity index (χ2v) is 9.91. The van der Waals surface area contributed by atoms with Crippen molar-refractivity contribution in [2.75, 3.05) is 18.4 Å². The van der Waals surface area contributed by atoms with Crippen LogP contribution in [-0.4, -0.2) is 31.7 Å². The van der Waals surface area contributed by atoms with E-state index in [2.05, 4.69) is 21.2 Å². The molecule has 1 fully saturated rings. The molecule has 0 saturated carbocycles. The molecule has 2 aromatic carbocycles. The quantitative estimate of drug-likeness (QED) is 0.668. The van der Waals surface area contributed by atoms with Gasteiger partial charge in [-0.15, -0.1) is 0 Å². The summed E-state index contributed by atoms with van der Waals surface area (Å²) in [7, 11) is -3.75. The molecule has 2 aromatic rings. The van der Waals surface area contributed by atoms with Crippen LogP contribution in [0.3, 0.4) is 0 Å². The Morgan fingerprint density at radius 3 is 2.33 bits per heavy atom. The van der Waals surface area contributed by atoms with Gasteiger partial charge in [-0.3, -0.25) is 4.79 Å². The molecule has 27 heavy (non-hydrogen) atoms. The average molecular weight is 492 g/mol. The van der Waals surface area contributed by atoms with E-state index in [0.29, 0.717) is 23.6 Å². The zero-order chi connectivity index (χ0) is 19.6. The van der Waals surface area contributed by atoms with Crippen molar-refractivity contribution in [3.63, 3.8) is 0 Å². The summed E-state index contributed by atoms with van der Waals surface area (Å²) in [6.07, 6.45) is 0.888. The Morgan fingerprint density at radius 2 is 1.70 bits per heavy atom. The average Bonchev–Trinajstić information content (AvgIpc) is 2.65. The number of rotatable bonds is 4. The predicted octanol–water partition coefficient (Wildman–Crippen LogP) is 4.80. The lowest BCUT2D eigenvalue weighted by Gasteiger charge is -2.30. The van der Waals surface area contributed by atoms with Crippen molar-refractivity contribution < 1.29 is 13.2 Å². The number of hydrogen-bond acceptors (Lipinski definition) is 3. The third-order valence-corrected chi connectivity index (χ3v) is 7.59. The standard InChI is InChI=1S/C18H17BrCl2N2O3S/c19-13-1-4-15(5-2-13)22-18(24)12-7-9-23(10-8-12)27(25,26)17-11-14(20)3-6-16(17)21/h1-6,11-12H,7-10H2,(H,22,24). The SMILES string of the molecule is O=C(Nc1ccc(Br)cc1)C1CCN(S(=O)(=O)c2cc(Cl)ccc2Cl)CC1. The van der Waals surface area contributed by atoms with Gasteiger partial charge in [-0.25, -0.2) is 8.42 Å². The molecule has 5 nitrogen and oxygen atoms in total. The van der Waals surface area contributed by atoms with Gasteiger partial charge in [0.2, 0.25) is 15.9 Å². The number of nitrogens with one attached hydrogen (secondary N) is 1. The smallest absolute Gasteiger partial charge is 0.244 e. The van der Waals surface area contributed by atoms with Gasteiger partial charge in [-0.05, 0) is 55.3 Å². The third kappa shape index (κ3) is 4.84. The monoisotopic (exact) mass is 490 g/mol. The molecule has 9 heteroatoms. The van der Waals surface area contributed by atoms with Gasteiger partial charge < -0.3 is 5.32 Å². The minimum absolute atomic E-state index is 0.00516. The number of carbonyl (C=O) groups excluding carboxylic acids is 1. The minimum Gasteiger partial charge on any atom is -0.326 e. The molecule has 0 aromatic heterocycles. The molecule has 1 amide bonds. The lowest BCUT2D eigenvalue weighted by Crippen LogP contribution is -2.41. The molecular formula is C18H17BrCl2N2O3S. The van der Waals surface area contributed by atoms with Crippen molar-refractivity contribution in [1.29, 1.82) is 0 Å². The summed E-state index contributed by atoms with van der Waals surface area (Å²) in [5, 5.41) is 3.32. The zero-order valence-corrected chi connectivity index (χ0v) is 18.1. The van der Waals surface area contributed by atoms with Gasteiger partial charge in [0.05, 0.1) is 5.02 Å². The highest BCUT2D eigenvalue weighted by molar-refractivity contribution is 9.10. The second kappa shape index (κ2) is 8.49. The second-order valence-electron chi connectivity index (χ2n) is 6.25. The lowest BCUT2D eigenvalue weighted by atomic mass is 9.97. The molecule has 3 rings (SSSR count). The van der Waals surface area contributed by atoms with Gasteiger partial charge in [0.1, 0.15) is 4.90 Å². The predicted molar refractivity (Wildman–Crippen MR) is 111 cm³/mol. The van der Waals surface area contributed by atoms with Crippen LogP contribution in [0.5, 0.6) is 0 Å². The van der Waals surface area contributed by atoms with Crippen molar-refractivity contribution in [2.45, 2.75) is 17.7 Å². The first-order valence-electron chi connectivity index (χ1n) is 8.29. The fourth-order valence-electron chi connectivity index (χ4n) is 2.95. The van der Waals surface area contributed by atoms with Crippen molar-refractivity contribution >= 4 is 60.7 Å². The van der Waals surface area contributed by atoms with Gasteiger partial charge in [0.15, 0.2) is 0 Å². The van der Waals surface area contributed by atoms with E-state index in [1.165, 1.54) is 16.4 Å². The lowest BCUT2D eigenvalue weighted by molar-refractivity contribution is -0.120. The molecular weight excluding hydrogens is 475 g/mol. The first kappa shape index (κ1) is 20.6. The Balaban J connectivity index is 1.65. The molecule has 1 aliphatic heterocycles. The van der Waals surface area contributed by atoms with E-state index in [1.54, 1.807) is 6.07 Å². The van der Waals surface area contributed by atoms with Gasteiger partial charge >= 0.3 is 0 Å². The number of hydrogen-bond donors (Lipinski definition) is 1. The molecule has 1 aliphatic rings. The largest absolute Gasteiger partial charge is 0.326 e. The van der Waals surface area contributed by atoms with Gasteiger partial charge in [-0.2, -0.15) is 4.31 Å². The highest BCUT2D eigenvalue weighted by atomic mass is 79.9. The Bertz CT molecular complexity index is 944. The Kier molecular flexibility index (Phi) is 6.48. The van der Waals surface area contributed by atoms with Crippen molar-refractivity contribution in [3.8, 4) is 0 Å². The van der Waals surface area contributed by atoms with Crippen LogP contribution in [0.2, 0.25) is 10.0 Å². The molecule has 0 spiro atoms. The normalized spacial score (nSPS) is 16.3. The van der Waals surface area contributed by atoms with Crippen LogP contribution in [0.25, 0.3) is 0 Å². The minimum atomic E-state index is -3.75. The third-order valence-electron chi connectivity index (χ3n) is 4.45. The summed E-state index contributed by atoms with van der Waals surface area (Å²) < 4.78 is 28.0. The number of carbonyl (C=O) groups is 1. The van der Waals surface area contributed by atoms with E-state index < -0.39 is 10.0 Å². The summed E-state index contributed by atoms with van der Waals surface area (Å²) >= 11 is 15.3. The number of nitrogens with zero attached hydrogens (tertiary/aromatic N) is 1. The van der Waals surface area contributed by atoms with Crippen molar-refractivity contribution in [3.05, 3.63) is 57.0 Å². The van der Waals surface area contributed by atoms with Crippen LogP contribution < -0.4 is 5.32 Å². The fraction of sp³-hybridized carbons (Fsp3) is 0.278. The summed E-state index contributed by atoms with van der Waals surface area (Å²) in [6, 6.07) is 11.7. The van der Waals surface area contributed by atoms with Crippen LogP contribution >= 0.6 is 39.1 Å². The maximum Gasteiger partial charge on any atom is 0.244 e. The van der Waals surface area contributed by atoms with E-state index in [4.69, 9.17) is 23.2 Å². The van der Waals surface area contributed by atoms with Crippen LogP contribution in [0.15, 0.2) is 51.8 Å². The zero-order valence-electron chi connectivity index (χ0n) is 14.2. The van der Waals surface area contributed by atoms with Gasteiger partial charge in [0, 0.05) is 34.2 Å². The van der Waals surface area contributed by atoms with E-state index in [0.717, 1.165) is 4.47 Å². The molecule has 0 aliphatic carbocycles. The highest BCUT2D eigenvalue weighted by Crippen LogP contribution is 2.30. The molecule has 0 unspecified atom stereocenters. The highest BCUT2D eigenvalue weighted by Gasteiger charge is 2.33. The Labute approximate surface area is 176 Å². The van der Waals surface area contributed by atoms with Gasteiger partial charge in [0.25, 0.3) is 0 Å². The van der Waals surface area contributed by atoms with E-state index in [9.17, 15) is 13.2 Å². The van der Waals surface area contributed by atoms with Gasteiger partial charge in [-0.1, -0.05) is 39.1 Å². The number of sulfonamides is 1. The molecule has 144 valence electrons. The molecule has 0 radical (unpaired) electrons. The summed E-state index contributed by atoms with van der Waals surface area (Å²) in [4.78, 5) is 12.4. The molecule has 1 N–H and O–H groups in total. The maximum absolute atomic E-state index is 12.8. The van der Waals surface area contributed by atoms with Crippen LogP contribution in [0.1, 0.15) is 12.8 Å². The van der Waals surface area contributed by atoms with E-state index in [-0.39, 0.29) is 34.8 Å². The van der Waals surface area contributed by atoms with E-state index in [1.807, 2.05) is 24.3 Å². The number of halogens is 3. The first-order chi connectivity index (χ1) is 12.8. The number of amides is 1. The summed E-state index contributed by atoms with van der Waals surface area (Å²) in [5.74, 6) is -0.343. The Morgan fingerprint density at radius 1 is 1.07 bits per heavy atom. The fourth-order valence-corrected chi connectivity index (χ4v) is 5.42. The Hall–Kier alpha value is -1.12. The van der Waals surface area contributed by atoms with Crippen LogP contribution in [0, 0.1) is 5.92 Å². The maximum atomic E-state index is 12.8. The topological polar surface area (TPSA) is 66.5 Å². The first-order valence-corrected chi connectivity index (χ1v) is 11.3. The molecule has 0 bridgehead atoms. The van der Waals surface area contributed by atoms with Crippen molar-refractivity contribution in [2.24, 2.45) is 5.92 Å². The number of benzene rings is 2. The van der Waals surface area contributed by atoms with Crippen LogP contribution in [0.4, 0.5) is 5.69 Å².